The van der Waals surface area contributed by atoms with Crippen molar-refractivity contribution in [3.63, 3.8) is 0 Å². The minimum atomic E-state index is -0.417. The molecule has 112 valence electrons. The standard InChI is InChI=1S/C14H17N3O4/c1-2-11(8-18)21-12-6-9(5-10(19)7-12)14(20)16-13-3-4-15-17-13/h3-7,11,18-19H,2,8H2,1H3,(H2,15,16,17,20)/t11-/m0/s1. The molecule has 0 aliphatic heterocycles. The lowest BCUT2D eigenvalue weighted by Crippen LogP contribution is -2.20. The van der Waals surface area contributed by atoms with Gasteiger partial charge in [-0.3, -0.25) is 9.89 Å². The van der Waals surface area contributed by atoms with Gasteiger partial charge >= 0.3 is 0 Å². The van der Waals surface area contributed by atoms with Crippen LogP contribution in [0.25, 0.3) is 0 Å². The Morgan fingerprint density at radius 2 is 2.29 bits per heavy atom. The van der Waals surface area contributed by atoms with Crippen molar-refractivity contribution in [3.05, 3.63) is 36.0 Å². The number of phenols is 1. The maximum atomic E-state index is 12.1. The highest BCUT2D eigenvalue weighted by molar-refractivity contribution is 6.04. The summed E-state index contributed by atoms with van der Waals surface area (Å²) in [4.78, 5) is 12.1. The van der Waals surface area contributed by atoms with Gasteiger partial charge in [-0.2, -0.15) is 5.10 Å². The van der Waals surface area contributed by atoms with Crippen molar-refractivity contribution in [2.75, 3.05) is 11.9 Å². The number of amides is 1. The van der Waals surface area contributed by atoms with Gasteiger partial charge in [0, 0.05) is 23.9 Å². The van der Waals surface area contributed by atoms with Crippen LogP contribution in [0.1, 0.15) is 23.7 Å². The summed E-state index contributed by atoms with van der Waals surface area (Å²) in [5.74, 6) is 0.197. The van der Waals surface area contributed by atoms with Crippen LogP contribution in [0, 0.1) is 0 Å². The number of carbonyl (C=O) groups excluding carboxylic acids is 1. The van der Waals surface area contributed by atoms with Crippen molar-refractivity contribution in [3.8, 4) is 11.5 Å². The molecule has 0 aliphatic rings. The van der Waals surface area contributed by atoms with Gasteiger partial charge in [0.2, 0.25) is 0 Å². The lowest BCUT2D eigenvalue weighted by atomic mass is 10.2. The number of carbonyl (C=O) groups is 1. The van der Waals surface area contributed by atoms with Crippen LogP contribution in [0.4, 0.5) is 5.82 Å². The van der Waals surface area contributed by atoms with Crippen LogP contribution in [0.15, 0.2) is 30.5 Å². The van der Waals surface area contributed by atoms with Gasteiger partial charge in [0.05, 0.1) is 6.61 Å². The number of nitrogens with zero attached hydrogens (tertiary/aromatic N) is 1. The molecule has 0 bridgehead atoms. The molecule has 1 aromatic heterocycles. The van der Waals surface area contributed by atoms with E-state index in [0.29, 0.717) is 18.0 Å². The molecule has 7 nitrogen and oxygen atoms in total. The van der Waals surface area contributed by atoms with Crippen molar-refractivity contribution >= 4 is 11.7 Å². The highest BCUT2D eigenvalue weighted by atomic mass is 16.5. The molecular weight excluding hydrogens is 274 g/mol. The fraction of sp³-hybridized carbons (Fsp3) is 0.286. The second kappa shape index (κ2) is 6.76. The van der Waals surface area contributed by atoms with E-state index in [0.717, 1.165) is 0 Å². The van der Waals surface area contributed by atoms with Crippen LogP contribution in [0.5, 0.6) is 11.5 Å². The maximum Gasteiger partial charge on any atom is 0.257 e. The lowest BCUT2D eigenvalue weighted by molar-refractivity contribution is 0.102. The minimum Gasteiger partial charge on any atom is -0.508 e. The van der Waals surface area contributed by atoms with E-state index in [1.165, 1.54) is 18.2 Å². The number of nitrogens with one attached hydrogen (secondary N) is 2. The van der Waals surface area contributed by atoms with Gasteiger partial charge in [0.25, 0.3) is 5.91 Å². The Balaban J connectivity index is 2.16. The van der Waals surface area contributed by atoms with E-state index in [9.17, 15) is 9.90 Å². The number of phenolic OH excluding ortho intramolecular Hbond substituents is 1. The zero-order chi connectivity index (χ0) is 15.2. The van der Waals surface area contributed by atoms with Crippen LogP contribution in [-0.4, -0.2) is 39.0 Å². The van der Waals surface area contributed by atoms with Crippen molar-refractivity contribution < 1.29 is 19.7 Å². The highest BCUT2D eigenvalue weighted by Gasteiger charge is 2.13. The molecule has 0 radical (unpaired) electrons. The molecule has 21 heavy (non-hydrogen) atoms. The molecule has 4 N–H and O–H groups in total. The molecule has 1 atom stereocenters. The summed E-state index contributed by atoms with van der Waals surface area (Å²) in [6.45, 7) is 1.73. The number of hydrogen-bond donors (Lipinski definition) is 4. The molecule has 0 saturated carbocycles. The summed E-state index contributed by atoms with van der Waals surface area (Å²) >= 11 is 0. The van der Waals surface area contributed by atoms with Gasteiger partial charge in [-0.25, -0.2) is 0 Å². The quantitative estimate of drug-likeness (QED) is 0.645. The Hall–Kier alpha value is -2.54. The molecule has 1 heterocycles. The van der Waals surface area contributed by atoms with Crippen molar-refractivity contribution in [1.82, 2.24) is 10.2 Å². The SMILES string of the molecule is CC[C@@H](CO)Oc1cc(O)cc(C(=O)Nc2cc[nH]n2)c1. The third-order valence-electron chi connectivity index (χ3n) is 2.86. The summed E-state index contributed by atoms with van der Waals surface area (Å²) in [5, 5.41) is 27.8. The predicted octanol–water partition coefficient (Wildman–Crippen LogP) is 1.52. The van der Waals surface area contributed by atoms with E-state index in [1.807, 2.05) is 6.92 Å². The Morgan fingerprint density at radius 1 is 1.48 bits per heavy atom. The molecule has 0 unspecified atom stereocenters. The molecule has 0 aliphatic carbocycles. The first-order chi connectivity index (χ1) is 10.1. The van der Waals surface area contributed by atoms with E-state index in [1.54, 1.807) is 12.3 Å². The summed E-state index contributed by atoms with van der Waals surface area (Å²) in [6.07, 6.45) is 1.81. The fourth-order valence-corrected chi connectivity index (χ4v) is 1.74. The number of aliphatic hydroxyl groups excluding tert-OH is 1. The van der Waals surface area contributed by atoms with E-state index in [4.69, 9.17) is 9.84 Å². The minimum absolute atomic E-state index is 0.0903. The molecule has 0 fully saturated rings. The van der Waals surface area contributed by atoms with Crippen LogP contribution in [-0.2, 0) is 0 Å². The number of hydrogen-bond acceptors (Lipinski definition) is 5. The first-order valence-electron chi connectivity index (χ1n) is 6.55. The topological polar surface area (TPSA) is 107 Å². The first kappa shape index (κ1) is 14.9. The predicted molar refractivity (Wildman–Crippen MR) is 76.4 cm³/mol. The molecule has 1 aromatic carbocycles. The van der Waals surface area contributed by atoms with Crippen LogP contribution < -0.4 is 10.1 Å². The normalized spacial score (nSPS) is 11.9. The van der Waals surface area contributed by atoms with Crippen molar-refractivity contribution in [2.45, 2.75) is 19.4 Å². The van der Waals surface area contributed by atoms with Crippen LogP contribution in [0.3, 0.4) is 0 Å². The molecule has 0 spiro atoms. The molecule has 1 amide bonds. The van der Waals surface area contributed by atoms with Gasteiger partial charge in [-0.1, -0.05) is 6.92 Å². The van der Waals surface area contributed by atoms with Crippen LogP contribution in [0.2, 0.25) is 0 Å². The molecule has 2 rings (SSSR count). The zero-order valence-corrected chi connectivity index (χ0v) is 11.5. The smallest absolute Gasteiger partial charge is 0.257 e. The Morgan fingerprint density at radius 3 is 2.90 bits per heavy atom. The number of rotatable bonds is 6. The number of aromatic amines is 1. The summed E-state index contributed by atoms with van der Waals surface area (Å²) in [7, 11) is 0. The van der Waals surface area contributed by atoms with Gasteiger partial charge in [-0.15, -0.1) is 0 Å². The molecule has 0 saturated heterocycles. The number of H-pyrrole nitrogens is 1. The second-order valence-corrected chi connectivity index (χ2v) is 4.46. The van der Waals surface area contributed by atoms with E-state index < -0.39 is 5.91 Å². The van der Waals surface area contributed by atoms with Gasteiger partial charge in [-0.05, 0) is 18.6 Å². The summed E-state index contributed by atoms with van der Waals surface area (Å²) in [6, 6.07) is 5.83. The molecule has 7 heteroatoms. The Labute approximate surface area is 121 Å². The highest BCUT2D eigenvalue weighted by Crippen LogP contribution is 2.23. The zero-order valence-electron chi connectivity index (χ0n) is 11.5. The van der Waals surface area contributed by atoms with Crippen molar-refractivity contribution in [1.29, 1.82) is 0 Å². The summed E-state index contributed by atoms with van der Waals surface area (Å²) in [5.41, 5.74) is 0.237. The van der Waals surface area contributed by atoms with Gasteiger partial charge < -0.3 is 20.3 Å². The Bertz CT molecular complexity index is 594. The number of anilines is 1. The number of aromatic nitrogens is 2. The average Bonchev–Trinajstić information content (AvgIpc) is 2.97. The number of aliphatic hydroxyl groups is 1. The third kappa shape index (κ3) is 3.96. The van der Waals surface area contributed by atoms with Gasteiger partial charge in [0.1, 0.15) is 17.6 Å². The van der Waals surface area contributed by atoms with E-state index >= 15 is 0 Å². The lowest BCUT2D eigenvalue weighted by Gasteiger charge is -2.15. The number of ether oxygens (including phenoxy) is 1. The average molecular weight is 291 g/mol. The van der Waals surface area contributed by atoms with E-state index in [2.05, 4.69) is 15.5 Å². The van der Waals surface area contributed by atoms with Gasteiger partial charge in [0.15, 0.2) is 5.82 Å². The first-order valence-corrected chi connectivity index (χ1v) is 6.55. The monoisotopic (exact) mass is 291 g/mol. The number of benzene rings is 1. The van der Waals surface area contributed by atoms with Crippen LogP contribution >= 0.6 is 0 Å². The van der Waals surface area contributed by atoms with E-state index in [-0.39, 0.29) is 24.0 Å². The van der Waals surface area contributed by atoms with Crippen molar-refractivity contribution in [2.24, 2.45) is 0 Å². The molecular formula is C14H17N3O4. The second-order valence-electron chi connectivity index (χ2n) is 4.46. The Kier molecular flexibility index (Phi) is 4.78. The number of aromatic hydroxyl groups is 1. The largest absolute Gasteiger partial charge is 0.508 e. The summed E-state index contributed by atoms with van der Waals surface area (Å²) < 4.78 is 5.51. The maximum absolute atomic E-state index is 12.1. The third-order valence-corrected chi connectivity index (χ3v) is 2.86. The molecule has 2 aromatic rings. The fourth-order valence-electron chi connectivity index (χ4n) is 1.74.